The summed E-state index contributed by atoms with van der Waals surface area (Å²) in [6.45, 7) is 9.92. The second kappa shape index (κ2) is 14.0. The number of nitrogens with two attached hydrogens (primary N) is 1. The summed E-state index contributed by atoms with van der Waals surface area (Å²) in [5.41, 5.74) is 5.59. The number of carbonyl (C=O) groups excluding carboxylic acids is 2. The van der Waals surface area contributed by atoms with Crippen LogP contribution < -0.4 is 10.5 Å². The molecule has 0 radical (unpaired) electrons. The molecular formula is C36H41N3O4S. The van der Waals surface area contributed by atoms with Crippen LogP contribution in [0, 0.1) is 0 Å². The number of carbonyl (C=O) groups is 2. The summed E-state index contributed by atoms with van der Waals surface area (Å²) in [7, 11) is -3.77. The van der Waals surface area contributed by atoms with Crippen molar-refractivity contribution >= 4 is 21.8 Å². The van der Waals surface area contributed by atoms with Crippen LogP contribution in [0.2, 0.25) is 0 Å². The second-order valence-electron chi connectivity index (χ2n) is 12.0. The maximum absolute atomic E-state index is 14.0. The Labute approximate surface area is 261 Å². The van der Waals surface area contributed by atoms with Gasteiger partial charge in [0, 0.05) is 30.8 Å². The zero-order valence-corrected chi connectivity index (χ0v) is 26.7. The standard InChI is InChI=1S/C36H41N3O4S/c1-5-23-39(24-22-26-16-20-29(21-17-26)44(37,42)43)35(41)33-13-9-7-11-31(33)30-10-6-8-12-32(30)34(40)38-25-27-14-18-28(19-15-27)36(2,3)4/h6-21H,5,22-25H2,1-4H3,(H,38,40)(H2,37,42,43). The molecule has 0 fully saturated rings. The summed E-state index contributed by atoms with van der Waals surface area (Å²) in [4.78, 5) is 29.3. The van der Waals surface area contributed by atoms with E-state index in [1.165, 1.54) is 17.7 Å². The largest absolute Gasteiger partial charge is 0.348 e. The molecule has 7 nitrogen and oxygen atoms in total. The van der Waals surface area contributed by atoms with Gasteiger partial charge in [-0.3, -0.25) is 9.59 Å². The van der Waals surface area contributed by atoms with E-state index in [1.807, 2.05) is 55.5 Å². The van der Waals surface area contributed by atoms with E-state index < -0.39 is 10.0 Å². The van der Waals surface area contributed by atoms with Crippen molar-refractivity contribution in [1.29, 1.82) is 0 Å². The molecule has 0 spiro atoms. The highest BCUT2D eigenvalue weighted by molar-refractivity contribution is 7.89. The predicted octanol–water partition coefficient (Wildman–Crippen LogP) is 6.32. The van der Waals surface area contributed by atoms with Gasteiger partial charge in [0.1, 0.15) is 0 Å². The SMILES string of the molecule is CCCN(CCc1ccc(S(N)(=O)=O)cc1)C(=O)c1ccccc1-c1ccccc1C(=O)NCc1ccc(C(C)(C)C)cc1. The molecule has 0 unspecified atom stereocenters. The molecule has 0 heterocycles. The molecule has 0 bridgehead atoms. The molecule has 4 aromatic carbocycles. The van der Waals surface area contributed by atoms with Gasteiger partial charge in [0.15, 0.2) is 0 Å². The Bertz CT molecular complexity index is 1710. The van der Waals surface area contributed by atoms with E-state index in [-0.39, 0.29) is 22.1 Å². The van der Waals surface area contributed by atoms with Gasteiger partial charge in [-0.2, -0.15) is 0 Å². The number of hydrogen-bond donors (Lipinski definition) is 2. The lowest BCUT2D eigenvalue weighted by Crippen LogP contribution is -2.34. The van der Waals surface area contributed by atoms with Crippen molar-refractivity contribution in [3.05, 3.63) is 125 Å². The Balaban J connectivity index is 1.54. The zero-order chi connectivity index (χ0) is 31.9. The molecule has 0 aromatic heterocycles. The maximum Gasteiger partial charge on any atom is 0.254 e. The fourth-order valence-corrected chi connectivity index (χ4v) is 5.60. The first kappa shape index (κ1) is 32.6. The highest BCUT2D eigenvalue weighted by Crippen LogP contribution is 2.29. The van der Waals surface area contributed by atoms with Crippen LogP contribution in [-0.2, 0) is 28.4 Å². The Kier molecular flexibility index (Phi) is 10.4. The maximum atomic E-state index is 14.0. The monoisotopic (exact) mass is 611 g/mol. The van der Waals surface area contributed by atoms with Crippen molar-refractivity contribution in [2.24, 2.45) is 5.14 Å². The summed E-state index contributed by atoms with van der Waals surface area (Å²) < 4.78 is 23.2. The second-order valence-corrected chi connectivity index (χ2v) is 13.5. The van der Waals surface area contributed by atoms with E-state index in [0.29, 0.717) is 48.3 Å². The van der Waals surface area contributed by atoms with Crippen molar-refractivity contribution in [2.75, 3.05) is 13.1 Å². The van der Waals surface area contributed by atoms with Gasteiger partial charge in [-0.15, -0.1) is 0 Å². The fraction of sp³-hybridized carbons (Fsp3) is 0.278. The van der Waals surface area contributed by atoms with Gasteiger partial charge in [-0.05, 0) is 70.3 Å². The average molecular weight is 612 g/mol. The topological polar surface area (TPSA) is 110 Å². The van der Waals surface area contributed by atoms with Crippen molar-refractivity contribution in [1.82, 2.24) is 10.2 Å². The Morgan fingerprint density at radius 2 is 1.30 bits per heavy atom. The number of nitrogens with zero attached hydrogens (tertiary/aromatic N) is 1. The van der Waals surface area contributed by atoms with Gasteiger partial charge in [-0.1, -0.05) is 100 Å². The molecule has 4 aromatic rings. The smallest absolute Gasteiger partial charge is 0.254 e. The minimum Gasteiger partial charge on any atom is -0.348 e. The van der Waals surface area contributed by atoms with E-state index in [0.717, 1.165) is 17.5 Å². The number of amides is 2. The third kappa shape index (κ3) is 8.21. The van der Waals surface area contributed by atoms with Gasteiger partial charge in [-0.25, -0.2) is 13.6 Å². The van der Waals surface area contributed by atoms with E-state index in [4.69, 9.17) is 5.14 Å². The van der Waals surface area contributed by atoms with Crippen LogP contribution in [0.15, 0.2) is 102 Å². The number of benzene rings is 4. The fourth-order valence-electron chi connectivity index (χ4n) is 5.09. The van der Waals surface area contributed by atoms with E-state index in [9.17, 15) is 18.0 Å². The normalized spacial score (nSPS) is 11.7. The quantitative estimate of drug-likeness (QED) is 0.207. The van der Waals surface area contributed by atoms with Gasteiger partial charge in [0.25, 0.3) is 11.8 Å². The third-order valence-corrected chi connectivity index (χ3v) is 8.52. The Hall–Kier alpha value is -4.27. The molecule has 44 heavy (non-hydrogen) atoms. The van der Waals surface area contributed by atoms with Gasteiger partial charge in [0.05, 0.1) is 4.90 Å². The van der Waals surface area contributed by atoms with E-state index >= 15 is 0 Å². The highest BCUT2D eigenvalue weighted by Gasteiger charge is 2.22. The van der Waals surface area contributed by atoms with Gasteiger partial charge >= 0.3 is 0 Å². The van der Waals surface area contributed by atoms with Gasteiger partial charge < -0.3 is 10.2 Å². The molecule has 3 N–H and O–H groups in total. The zero-order valence-electron chi connectivity index (χ0n) is 25.8. The summed E-state index contributed by atoms with van der Waals surface area (Å²) in [6.07, 6.45) is 1.32. The lowest BCUT2D eigenvalue weighted by atomic mass is 9.87. The molecule has 0 aliphatic heterocycles. The first-order valence-corrected chi connectivity index (χ1v) is 16.4. The van der Waals surface area contributed by atoms with E-state index in [2.05, 4.69) is 38.2 Å². The minimum absolute atomic E-state index is 0.0535. The van der Waals surface area contributed by atoms with Crippen LogP contribution in [-0.4, -0.2) is 38.2 Å². The van der Waals surface area contributed by atoms with Crippen molar-refractivity contribution in [3.8, 4) is 11.1 Å². The molecule has 2 amide bonds. The summed E-state index contributed by atoms with van der Waals surface area (Å²) in [6, 6.07) is 29.4. The van der Waals surface area contributed by atoms with Crippen molar-refractivity contribution in [2.45, 2.75) is 57.4 Å². The molecule has 0 saturated heterocycles. The van der Waals surface area contributed by atoms with Crippen LogP contribution in [0.3, 0.4) is 0 Å². The minimum atomic E-state index is -3.77. The molecule has 0 atom stereocenters. The lowest BCUT2D eigenvalue weighted by Gasteiger charge is -2.24. The van der Waals surface area contributed by atoms with E-state index in [1.54, 1.807) is 29.2 Å². The van der Waals surface area contributed by atoms with Crippen molar-refractivity contribution < 1.29 is 18.0 Å². The number of rotatable bonds is 11. The first-order chi connectivity index (χ1) is 20.9. The predicted molar refractivity (Wildman–Crippen MR) is 176 cm³/mol. The molecule has 230 valence electrons. The van der Waals surface area contributed by atoms with Gasteiger partial charge in [0.2, 0.25) is 10.0 Å². The molecular weight excluding hydrogens is 570 g/mol. The molecule has 0 aliphatic carbocycles. The molecule has 4 rings (SSSR count). The number of primary sulfonamides is 1. The molecule has 0 aliphatic rings. The van der Waals surface area contributed by atoms with Crippen LogP contribution in [0.4, 0.5) is 0 Å². The lowest BCUT2D eigenvalue weighted by molar-refractivity contribution is 0.0757. The number of hydrogen-bond acceptors (Lipinski definition) is 4. The summed E-state index contributed by atoms with van der Waals surface area (Å²) in [5.74, 6) is -0.339. The van der Waals surface area contributed by atoms with Crippen LogP contribution in [0.1, 0.15) is 71.5 Å². The van der Waals surface area contributed by atoms with Crippen LogP contribution in [0.25, 0.3) is 11.1 Å². The molecule has 8 heteroatoms. The summed E-state index contributed by atoms with van der Waals surface area (Å²) in [5, 5.41) is 8.27. The average Bonchev–Trinajstić information content (AvgIpc) is 3.01. The third-order valence-electron chi connectivity index (χ3n) is 7.60. The highest BCUT2D eigenvalue weighted by atomic mass is 32.2. The van der Waals surface area contributed by atoms with Crippen molar-refractivity contribution in [3.63, 3.8) is 0 Å². The van der Waals surface area contributed by atoms with Crippen LogP contribution >= 0.6 is 0 Å². The Morgan fingerprint density at radius 3 is 1.86 bits per heavy atom. The number of sulfonamides is 1. The Morgan fingerprint density at radius 1 is 0.750 bits per heavy atom. The molecule has 0 saturated carbocycles. The summed E-state index contributed by atoms with van der Waals surface area (Å²) >= 11 is 0. The number of nitrogens with one attached hydrogen (secondary N) is 1. The first-order valence-electron chi connectivity index (χ1n) is 14.9. The van der Waals surface area contributed by atoms with Crippen LogP contribution in [0.5, 0.6) is 0 Å².